The number of hydrogen-bond acceptors (Lipinski definition) is 0. The molecule has 0 bridgehead atoms. The number of hydrogen-bond donors (Lipinski definition) is 1. The Bertz CT molecular complexity index is 1670. The summed E-state index contributed by atoms with van der Waals surface area (Å²) in [6, 6.07) is 31.1. The maximum Gasteiger partial charge on any atom is 0.0551 e. The van der Waals surface area contributed by atoms with Gasteiger partial charge in [0.2, 0.25) is 0 Å². The summed E-state index contributed by atoms with van der Waals surface area (Å²) in [5.41, 5.74) is 2.46. The van der Waals surface area contributed by atoms with E-state index in [0.717, 1.165) is 0 Å². The van der Waals surface area contributed by atoms with Crippen LogP contribution in [0.2, 0.25) is 0 Å². The summed E-state index contributed by atoms with van der Waals surface area (Å²) in [6.45, 7) is 0. The van der Waals surface area contributed by atoms with Gasteiger partial charge in [0.1, 0.15) is 0 Å². The Morgan fingerprint density at radius 1 is 0.444 bits per heavy atom. The van der Waals surface area contributed by atoms with Crippen LogP contribution in [0.1, 0.15) is 0 Å². The van der Waals surface area contributed by atoms with Gasteiger partial charge in [-0.05, 0) is 49.8 Å². The number of fused-ring (bicyclic) bond motifs is 6. The molecule has 1 nitrogen and oxygen atoms in total. The third kappa shape index (κ3) is 1.60. The fraction of sp³-hybridized carbons (Fsp3) is 0. The number of nitrogens with one attached hydrogen (secondary N) is 1. The molecule has 1 heterocycles. The molecule has 0 aliphatic rings. The van der Waals surface area contributed by atoms with Gasteiger partial charge in [0.15, 0.2) is 0 Å². The quantitative estimate of drug-likeness (QED) is 0.277. The first-order valence-corrected chi connectivity index (χ1v) is 9.38. The number of aromatic nitrogens is 1. The molecular formula is C26H15N. The van der Waals surface area contributed by atoms with Crippen molar-refractivity contribution in [2.24, 2.45) is 0 Å². The average Bonchev–Trinajstić information content (AvgIpc) is 3.09. The van der Waals surface area contributed by atoms with Crippen LogP contribution in [-0.2, 0) is 0 Å². The molecule has 0 unspecified atom stereocenters. The van der Waals surface area contributed by atoms with Crippen LogP contribution in [0.4, 0.5) is 0 Å². The molecule has 1 aromatic heterocycles. The van der Waals surface area contributed by atoms with Gasteiger partial charge in [-0.25, -0.2) is 0 Å². The van der Waals surface area contributed by atoms with E-state index in [4.69, 9.17) is 0 Å². The normalized spacial score (nSPS) is 12.4. The van der Waals surface area contributed by atoms with Gasteiger partial charge in [0.05, 0.1) is 5.52 Å². The zero-order valence-corrected chi connectivity index (χ0v) is 14.6. The zero-order valence-electron chi connectivity index (χ0n) is 14.6. The van der Waals surface area contributed by atoms with Crippen molar-refractivity contribution in [3.8, 4) is 0 Å². The van der Waals surface area contributed by atoms with Crippen LogP contribution in [0.25, 0.3) is 64.9 Å². The topological polar surface area (TPSA) is 15.8 Å². The van der Waals surface area contributed by atoms with E-state index in [1.54, 1.807) is 0 Å². The summed E-state index contributed by atoms with van der Waals surface area (Å²) in [5, 5.41) is 13.2. The lowest BCUT2D eigenvalue weighted by Gasteiger charge is -2.12. The first-order valence-electron chi connectivity index (χ1n) is 9.38. The van der Waals surface area contributed by atoms with E-state index in [2.05, 4.69) is 89.9 Å². The predicted octanol–water partition coefficient (Wildman–Crippen LogP) is 7.37. The average molecular weight is 341 g/mol. The Labute approximate surface area is 155 Å². The van der Waals surface area contributed by atoms with E-state index >= 15 is 0 Å². The van der Waals surface area contributed by atoms with Crippen molar-refractivity contribution in [2.45, 2.75) is 0 Å². The van der Waals surface area contributed by atoms with Crippen molar-refractivity contribution < 1.29 is 0 Å². The molecule has 0 radical (unpaired) electrons. The van der Waals surface area contributed by atoms with Crippen molar-refractivity contribution in [3.05, 3.63) is 84.9 Å². The standard InChI is InChI=1S/C26H15N/c1-2-6-18-14-22-21(13-17(18)5-1)25-19-9-3-7-15-11-12-16-8-4-10-20(26(25)27-22)24(16)23(15)19/h1-14,27H. The van der Waals surface area contributed by atoms with Crippen molar-refractivity contribution in [1.82, 2.24) is 4.98 Å². The summed E-state index contributed by atoms with van der Waals surface area (Å²) in [4.78, 5) is 3.75. The molecule has 0 aliphatic carbocycles. The van der Waals surface area contributed by atoms with E-state index in [9.17, 15) is 0 Å². The Kier molecular flexibility index (Phi) is 2.30. The summed E-state index contributed by atoms with van der Waals surface area (Å²) in [5.74, 6) is 0. The Morgan fingerprint density at radius 3 is 1.85 bits per heavy atom. The number of benzene rings is 6. The van der Waals surface area contributed by atoms with Crippen molar-refractivity contribution >= 4 is 64.9 Å². The van der Waals surface area contributed by atoms with Crippen LogP contribution >= 0.6 is 0 Å². The second-order valence-electron chi connectivity index (χ2n) is 7.49. The smallest absolute Gasteiger partial charge is 0.0551 e. The summed E-state index contributed by atoms with van der Waals surface area (Å²) >= 11 is 0. The number of rotatable bonds is 0. The van der Waals surface area contributed by atoms with Crippen LogP contribution in [0, 0.1) is 0 Å². The molecular weight excluding hydrogens is 326 g/mol. The third-order valence-electron chi connectivity index (χ3n) is 6.09. The number of aromatic amines is 1. The van der Waals surface area contributed by atoms with Gasteiger partial charge in [-0.15, -0.1) is 0 Å². The monoisotopic (exact) mass is 341 g/mol. The summed E-state index contributed by atoms with van der Waals surface area (Å²) in [6.07, 6.45) is 0. The van der Waals surface area contributed by atoms with Crippen LogP contribution < -0.4 is 0 Å². The minimum absolute atomic E-state index is 1.21. The fourth-order valence-corrected chi connectivity index (χ4v) is 4.94. The van der Waals surface area contributed by atoms with Crippen LogP contribution in [-0.4, -0.2) is 4.98 Å². The van der Waals surface area contributed by atoms with Crippen molar-refractivity contribution in [2.75, 3.05) is 0 Å². The molecule has 0 saturated carbocycles. The van der Waals surface area contributed by atoms with Gasteiger partial charge >= 0.3 is 0 Å². The minimum Gasteiger partial charge on any atom is -0.354 e. The maximum absolute atomic E-state index is 3.75. The highest BCUT2D eigenvalue weighted by Gasteiger charge is 2.16. The van der Waals surface area contributed by atoms with Gasteiger partial charge < -0.3 is 4.98 Å². The van der Waals surface area contributed by atoms with Gasteiger partial charge in [-0.3, -0.25) is 0 Å². The van der Waals surface area contributed by atoms with Gasteiger partial charge in [-0.2, -0.15) is 0 Å². The second-order valence-corrected chi connectivity index (χ2v) is 7.49. The number of H-pyrrole nitrogens is 1. The molecule has 1 N–H and O–H groups in total. The van der Waals surface area contributed by atoms with Crippen molar-refractivity contribution in [3.63, 3.8) is 0 Å². The Balaban J connectivity index is 1.88. The molecule has 27 heavy (non-hydrogen) atoms. The van der Waals surface area contributed by atoms with Gasteiger partial charge in [0.25, 0.3) is 0 Å². The molecule has 0 saturated heterocycles. The van der Waals surface area contributed by atoms with Gasteiger partial charge in [0, 0.05) is 21.7 Å². The maximum atomic E-state index is 3.75. The third-order valence-corrected chi connectivity index (χ3v) is 6.09. The molecule has 0 amide bonds. The summed E-state index contributed by atoms with van der Waals surface area (Å²) < 4.78 is 0. The van der Waals surface area contributed by atoms with E-state index < -0.39 is 0 Å². The van der Waals surface area contributed by atoms with Crippen LogP contribution in [0.3, 0.4) is 0 Å². The largest absolute Gasteiger partial charge is 0.354 e. The lowest BCUT2D eigenvalue weighted by Crippen LogP contribution is -1.85. The lowest BCUT2D eigenvalue weighted by molar-refractivity contribution is 1.57. The zero-order chi connectivity index (χ0) is 17.5. The highest BCUT2D eigenvalue weighted by molar-refractivity contribution is 6.37. The first kappa shape index (κ1) is 13.6. The lowest BCUT2D eigenvalue weighted by atomic mass is 9.91. The highest BCUT2D eigenvalue weighted by atomic mass is 14.7. The molecule has 6 aromatic carbocycles. The van der Waals surface area contributed by atoms with E-state index in [1.807, 2.05) is 0 Å². The molecule has 1 heteroatoms. The first-order chi connectivity index (χ1) is 13.4. The molecule has 7 aromatic rings. The van der Waals surface area contributed by atoms with E-state index in [-0.39, 0.29) is 0 Å². The SMILES string of the molecule is c1ccc2cc3c(cc2c1)[nH]c1c2cccc4ccc5cccc(c31)c5c42. The Hall–Kier alpha value is -3.58. The van der Waals surface area contributed by atoms with E-state index in [0.29, 0.717) is 0 Å². The molecule has 0 aliphatic heterocycles. The molecule has 0 atom stereocenters. The fourth-order valence-electron chi connectivity index (χ4n) is 4.94. The predicted molar refractivity (Wildman–Crippen MR) is 117 cm³/mol. The molecule has 124 valence electrons. The van der Waals surface area contributed by atoms with Crippen LogP contribution in [0.15, 0.2) is 84.9 Å². The molecule has 0 fully saturated rings. The molecule has 7 rings (SSSR count). The van der Waals surface area contributed by atoms with E-state index in [1.165, 1.54) is 64.9 Å². The Morgan fingerprint density at radius 2 is 1.07 bits per heavy atom. The second kappa shape index (κ2) is 4.57. The minimum atomic E-state index is 1.21. The highest BCUT2D eigenvalue weighted by Crippen LogP contribution is 2.43. The van der Waals surface area contributed by atoms with Gasteiger partial charge in [-0.1, -0.05) is 72.8 Å². The molecule has 0 spiro atoms. The summed E-state index contributed by atoms with van der Waals surface area (Å²) in [7, 11) is 0. The van der Waals surface area contributed by atoms with Crippen LogP contribution in [0.5, 0.6) is 0 Å². The van der Waals surface area contributed by atoms with Crippen molar-refractivity contribution in [1.29, 1.82) is 0 Å².